The quantitative estimate of drug-likeness (QED) is 0.0179. The Balaban J connectivity index is 1.13. The first kappa shape index (κ1) is 69.5. The number of fused-ring (bicyclic) bond motifs is 1. The van der Waals surface area contributed by atoms with Crippen LogP contribution < -0.4 is 47.7 Å². The van der Waals surface area contributed by atoms with Gasteiger partial charge in [0, 0.05) is 56.0 Å². The summed E-state index contributed by atoms with van der Waals surface area (Å²) in [5.41, 5.74) is 9.03. The van der Waals surface area contributed by atoms with Crippen molar-refractivity contribution in [3.63, 3.8) is 0 Å². The minimum Gasteiger partial charge on any atom is -0.489 e. The number of hydrogen-bond donors (Lipinski definition) is 10. The molecule has 1 aliphatic heterocycles. The number of rotatable bonds is 29. The van der Waals surface area contributed by atoms with Crippen LogP contribution in [0.4, 0.5) is 14.4 Å². The molecule has 7 atom stereocenters. The van der Waals surface area contributed by atoms with Gasteiger partial charge >= 0.3 is 24.2 Å². The second-order valence-corrected chi connectivity index (χ2v) is 24.4. The number of benzene rings is 5. The molecule has 0 unspecified atom stereocenters. The lowest BCUT2D eigenvalue weighted by Gasteiger charge is -2.30. The lowest BCUT2D eigenvalue weighted by molar-refractivity contribution is -0.143. The van der Waals surface area contributed by atoms with Gasteiger partial charge in [-0.2, -0.15) is 0 Å². The minimum absolute atomic E-state index is 0.0359. The highest BCUT2D eigenvalue weighted by Gasteiger charge is 2.45. The molecule has 1 aromatic heterocycles. The molecule has 92 heavy (non-hydrogen) atoms. The Hall–Kier alpha value is -9.97. The van der Waals surface area contributed by atoms with Gasteiger partial charge in [-0.1, -0.05) is 121 Å². The Bertz CT molecular complexity index is 3450. The maximum Gasteiger partial charge on any atom is 0.407 e. The van der Waals surface area contributed by atoms with Crippen LogP contribution in [0.2, 0.25) is 0 Å². The van der Waals surface area contributed by atoms with Crippen molar-refractivity contribution in [1.29, 1.82) is 0 Å². The largest absolute Gasteiger partial charge is 0.489 e. The number of alkyl carbamates (subject to hydrolysis) is 3. The third kappa shape index (κ3) is 22.2. The van der Waals surface area contributed by atoms with E-state index in [-0.39, 0.29) is 70.3 Å². The number of nitrogens with zero attached hydrogens (tertiary/aromatic N) is 1. The SMILES string of the molecule is CC(C)(C)OC(=O)NCCCC[C@H](NC(=O)[C@@H](Cc1c[nH]c2ccccc12)NC(=O)[C@@H](NC(=O)[C@@H]1C[C@@H](OC(=O)NCCNC(=O)OC(C)(C)C)CN1C(=O)[C@H](Cc1ccccc1)NC(=O)[C@@H](N)Cc1ccc(OCc2ccccc2)cc1)c1ccccc1)C(=O)O. The summed E-state index contributed by atoms with van der Waals surface area (Å²) in [6.07, 6.45) is -1.56. The van der Waals surface area contributed by atoms with E-state index >= 15 is 14.4 Å². The van der Waals surface area contributed by atoms with E-state index in [1.165, 1.54) is 4.90 Å². The second-order valence-electron chi connectivity index (χ2n) is 24.4. The third-order valence-electron chi connectivity index (χ3n) is 14.7. The van der Waals surface area contributed by atoms with Crippen LogP contribution in [-0.2, 0) is 68.8 Å². The van der Waals surface area contributed by atoms with E-state index < -0.39 is 107 Å². The molecule has 24 heteroatoms. The summed E-state index contributed by atoms with van der Waals surface area (Å²) in [5.74, 6) is -4.76. The Morgan fingerprint density at radius 2 is 1.14 bits per heavy atom. The van der Waals surface area contributed by atoms with Crippen molar-refractivity contribution in [3.05, 3.63) is 174 Å². The maximum atomic E-state index is 15.3. The summed E-state index contributed by atoms with van der Waals surface area (Å²) < 4.78 is 22.3. The average molecular weight is 1270 g/mol. The van der Waals surface area contributed by atoms with Crippen LogP contribution in [0.25, 0.3) is 10.9 Å². The van der Waals surface area contributed by atoms with Crippen molar-refractivity contribution in [2.24, 2.45) is 5.73 Å². The van der Waals surface area contributed by atoms with Crippen molar-refractivity contribution >= 4 is 64.7 Å². The van der Waals surface area contributed by atoms with Crippen LogP contribution in [0.1, 0.15) is 101 Å². The number of carbonyl (C=O) groups is 9. The van der Waals surface area contributed by atoms with E-state index in [0.29, 0.717) is 35.5 Å². The molecule has 0 bridgehead atoms. The van der Waals surface area contributed by atoms with Gasteiger partial charge in [0.1, 0.15) is 59.9 Å². The fourth-order valence-electron chi connectivity index (χ4n) is 10.2. The van der Waals surface area contributed by atoms with E-state index in [1.807, 2.05) is 48.5 Å². The number of amides is 8. The van der Waals surface area contributed by atoms with Gasteiger partial charge in [0.15, 0.2) is 0 Å². The standard InChI is InChI=1S/C68H84N10O14/c1-67(2,3)91-65(87)70-33-19-18-28-53(63(84)85)74-59(80)54(38-47-40-73-52-27-17-16-26-50(47)52)75-61(82)57(46-24-14-9-15-25-46)77-60(81)56-39-49(90-64(86)71-34-35-72-66(88)92-68(4,5)6)41-78(56)62(83)55(37-43-20-10-7-11-21-43)76-58(79)51(69)36-44-29-31-48(32-30-44)89-42-45-22-12-8-13-23-45/h7-17,20-27,29-32,40,49,51,53-57,73H,18-19,28,33-39,41-42,69H2,1-6H3,(H,70,87)(H,71,86)(H,72,88)(H,74,80)(H,75,82)(H,76,79)(H,77,81)(H,84,85)/t49-,51+,53+,54-,55+,56+,57+/m1/s1. The summed E-state index contributed by atoms with van der Waals surface area (Å²) in [5, 5.41) is 29.9. The molecular weight excluding hydrogens is 1180 g/mol. The number of carbonyl (C=O) groups excluding carboxylic acids is 8. The number of H-pyrrole nitrogens is 1. The molecule has 1 aliphatic rings. The monoisotopic (exact) mass is 1260 g/mol. The molecule has 7 rings (SSSR count). The van der Waals surface area contributed by atoms with Crippen molar-refractivity contribution in [3.8, 4) is 5.75 Å². The number of unbranched alkanes of at least 4 members (excludes halogenated alkanes) is 1. The molecule has 5 aromatic carbocycles. The van der Waals surface area contributed by atoms with Crippen LogP contribution in [0.5, 0.6) is 5.75 Å². The van der Waals surface area contributed by atoms with Gasteiger partial charge in [0.2, 0.25) is 29.5 Å². The number of nitrogens with one attached hydrogen (secondary N) is 8. The molecular formula is C68H84N10O14. The molecule has 0 spiro atoms. The van der Waals surface area contributed by atoms with E-state index in [1.54, 1.807) is 139 Å². The van der Waals surface area contributed by atoms with Crippen LogP contribution in [-0.4, -0.2) is 142 Å². The summed E-state index contributed by atoms with van der Waals surface area (Å²) in [4.78, 5) is 129. The third-order valence-corrected chi connectivity index (χ3v) is 14.7. The van der Waals surface area contributed by atoms with Crippen LogP contribution in [0, 0.1) is 0 Å². The van der Waals surface area contributed by atoms with Gasteiger partial charge in [-0.05, 0) is 113 Å². The molecule has 2 heterocycles. The first-order valence-corrected chi connectivity index (χ1v) is 30.7. The average Bonchev–Trinajstić information content (AvgIpc) is 1.72. The molecule has 490 valence electrons. The number of ether oxygens (including phenoxy) is 4. The number of hydrogen-bond acceptors (Lipinski definition) is 14. The first-order valence-electron chi connectivity index (χ1n) is 30.7. The fraction of sp³-hybridized carbons (Fsp3) is 0.397. The molecule has 0 aliphatic carbocycles. The molecule has 1 saturated heterocycles. The summed E-state index contributed by atoms with van der Waals surface area (Å²) in [6.45, 7) is 10.3. The summed E-state index contributed by atoms with van der Waals surface area (Å²) >= 11 is 0. The number of carboxylic acids is 1. The highest BCUT2D eigenvalue weighted by Crippen LogP contribution is 2.26. The number of aliphatic carboxylic acids is 1. The fourth-order valence-corrected chi connectivity index (χ4v) is 10.2. The summed E-state index contributed by atoms with van der Waals surface area (Å²) in [7, 11) is 0. The van der Waals surface area contributed by atoms with E-state index in [4.69, 9.17) is 24.7 Å². The van der Waals surface area contributed by atoms with Crippen molar-refractivity contribution < 1.29 is 67.2 Å². The van der Waals surface area contributed by atoms with Crippen molar-refractivity contribution in [2.75, 3.05) is 26.2 Å². The first-order chi connectivity index (χ1) is 43.9. The number of aromatic amines is 1. The number of likely N-dealkylation sites (tertiary alicyclic amines) is 1. The molecule has 8 amide bonds. The van der Waals surface area contributed by atoms with E-state index in [2.05, 4.69) is 42.2 Å². The lowest BCUT2D eigenvalue weighted by atomic mass is 10.0. The highest BCUT2D eigenvalue weighted by molar-refractivity contribution is 5.98. The Kier molecular flexibility index (Phi) is 25.1. The Morgan fingerprint density at radius 1 is 0.587 bits per heavy atom. The maximum absolute atomic E-state index is 15.3. The molecule has 0 radical (unpaired) electrons. The van der Waals surface area contributed by atoms with Crippen LogP contribution in [0.3, 0.4) is 0 Å². The van der Waals surface area contributed by atoms with Crippen molar-refractivity contribution in [1.82, 2.24) is 47.1 Å². The number of carboxylic acid groups (broad SMARTS) is 1. The number of aromatic nitrogens is 1. The second kappa shape index (κ2) is 33.2. The smallest absolute Gasteiger partial charge is 0.407 e. The van der Waals surface area contributed by atoms with E-state index in [9.17, 15) is 33.9 Å². The molecule has 6 aromatic rings. The zero-order valence-corrected chi connectivity index (χ0v) is 52.7. The normalized spacial score (nSPS) is 15.4. The topological polar surface area (TPSA) is 340 Å². The predicted octanol–water partition coefficient (Wildman–Crippen LogP) is 6.41. The van der Waals surface area contributed by atoms with Crippen molar-refractivity contribution in [2.45, 2.75) is 147 Å². The summed E-state index contributed by atoms with van der Waals surface area (Å²) in [6, 6.07) is 32.7. The molecule has 24 nitrogen and oxygen atoms in total. The van der Waals surface area contributed by atoms with Crippen LogP contribution >= 0.6 is 0 Å². The zero-order chi connectivity index (χ0) is 66.4. The molecule has 0 saturated carbocycles. The predicted molar refractivity (Wildman–Crippen MR) is 343 cm³/mol. The Labute approximate surface area is 534 Å². The highest BCUT2D eigenvalue weighted by atomic mass is 16.6. The Morgan fingerprint density at radius 3 is 1.77 bits per heavy atom. The van der Waals surface area contributed by atoms with Gasteiger partial charge in [-0.25, -0.2) is 19.2 Å². The van der Waals surface area contributed by atoms with Gasteiger partial charge in [-0.15, -0.1) is 0 Å². The van der Waals surface area contributed by atoms with E-state index in [0.717, 1.165) is 16.5 Å². The van der Waals surface area contributed by atoms with Gasteiger partial charge in [-0.3, -0.25) is 24.0 Å². The molecule has 1 fully saturated rings. The minimum atomic E-state index is -1.56. The van der Waals surface area contributed by atoms with Crippen LogP contribution in [0.15, 0.2) is 146 Å². The number of para-hydroxylation sites is 1. The number of nitrogens with two attached hydrogens (primary N) is 1. The van der Waals surface area contributed by atoms with Gasteiger partial charge < -0.3 is 76.9 Å². The van der Waals surface area contributed by atoms with Gasteiger partial charge in [0.05, 0.1) is 12.6 Å². The molecule has 11 N–H and O–H groups in total. The zero-order valence-electron chi connectivity index (χ0n) is 52.7. The van der Waals surface area contributed by atoms with Gasteiger partial charge in [0.25, 0.3) is 0 Å². The lowest BCUT2D eigenvalue weighted by Crippen LogP contribution is -2.58.